The molecule has 0 saturated heterocycles. The maximum absolute atomic E-state index is 12.4. The number of halogens is 1. The van der Waals surface area contributed by atoms with Gasteiger partial charge in [-0.2, -0.15) is 0 Å². The highest BCUT2D eigenvalue weighted by molar-refractivity contribution is 6.32. The Hall–Kier alpha value is -2.93. The van der Waals surface area contributed by atoms with Gasteiger partial charge in [0.25, 0.3) is 5.91 Å². The van der Waals surface area contributed by atoms with Crippen LogP contribution in [0.4, 0.5) is 0 Å². The molecular formula is C18H17ClN2O5. The van der Waals surface area contributed by atoms with E-state index in [9.17, 15) is 14.4 Å². The second-order valence-electron chi connectivity index (χ2n) is 5.33. The molecule has 0 saturated carbocycles. The summed E-state index contributed by atoms with van der Waals surface area (Å²) in [5.41, 5.74) is 0.947. The van der Waals surface area contributed by atoms with E-state index in [0.29, 0.717) is 5.56 Å². The van der Waals surface area contributed by atoms with Crippen LogP contribution in [0.3, 0.4) is 0 Å². The van der Waals surface area contributed by atoms with E-state index >= 15 is 0 Å². The Kier molecular flexibility index (Phi) is 6.68. The Morgan fingerprint density at radius 2 is 1.92 bits per heavy atom. The molecule has 1 atom stereocenters. The number of amides is 1. The minimum Gasteiger partial charge on any atom is -0.478 e. The van der Waals surface area contributed by atoms with Gasteiger partial charge in [-0.05, 0) is 36.8 Å². The van der Waals surface area contributed by atoms with Crippen molar-refractivity contribution in [3.05, 3.63) is 64.4 Å². The number of nitrogens with one attached hydrogen (secondary N) is 1. The van der Waals surface area contributed by atoms with Crippen LogP contribution in [0.1, 0.15) is 33.2 Å². The van der Waals surface area contributed by atoms with E-state index in [2.05, 4.69) is 10.3 Å². The molecule has 1 heterocycles. The first-order valence-electron chi connectivity index (χ1n) is 7.82. The van der Waals surface area contributed by atoms with Gasteiger partial charge in [-0.25, -0.2) is 14.6 Å². The monoisotopic (exact) mass is 376 g/mol. The Balaban J connectivity index is 2.18. The number of pyridine rings is 1. The third-order valence-corrected chi connectivity index (χ3v) is 3.82. The highest BCUT2D eigenvalue weighted by Crippen LogP contribution is 2.13. The minimum absolute atomic E-state index is 0.0263. The molecule has 8 heteroatoms. The molecule has 2 N–H and O–H groups in total. The Labute approximate surface area is 155 Å². The lowest BCUT2D eigenvalue weighted by Crippen LogP contribution is -2.43. The van der Waals surface area contributed by atoms with Gasteiger partial charge < -0.3 is 15.2 Å². The zero-order valence-corrected chi connectivity index (χ0v) is 14.7. The van der Waals surface area contributed by atoms with Gasteiger partial charge >= 0.3 is 11.9 Å². The number of hydrogen-bond donors (Lipinski definition) is 2. The van der Waals surface area contributed by atoms with Gasteiger partial charge in [0.15, 0.2) is 0 Å². The molecular weight excluding hydrogens is 360 g/mol. The van der Waals surface area contributed by atoms with Crippen molar-refractivity contribution in [3.63, 3.8) is 0 Å². The summed E-state index contributed by atoms with van der Waals surface area (Å²) < 4.78 is 5.01. The number of carboxylic acid groups (broad SMARTS) is 1. The first-order chi connectivity index (χ1) is 12.4. The number of benzene rings is 1. The molecule has 2 aromatic rings. The minimum atomic E-state index is -1.04. The number of nitrogens with zero attached hydrogens (tertiary/aromatic N) is 1. The Morgan fingerprint density at radius 1 is 1.23 bits per heavy atom. The van der Waals surface area contributed by atoms with Crippen LogP contribution in [0.2, 0.25) is 5.15 Å². The summed E-state index contributed by atoms with van der Waals surface area (Å²) in [7, 11) is 0. The van der Waals surface area contributed by atoms with Crippen molar-refractivity contribution in [1.82, 2.24) is 10.3 Å². The molecule has 0 bridgehead atoms. The number of aromatic carboxylic acids is 1. The van der Waals surface area contributed by atoms with E-state index < -0.39 is 23.9 Å². The van der Waals surface area contributed by atoms with Gasteiger partial charge in [-0.15, -0.1) is 0 Å². The highest BCUT2D eigenvalue weighted by Gasteiger charge is 2.24. The van der Waals surface area contributed by atoms with Crippen LogP contribution in [0.25, 0.3) is 0 Å². The molecule has 1 unspecified atom stereocenters. The fourth-order valence-corrected chi connectivity index (χ4v) is 2.45. The third-order valence-electron chi connectivity index (χ3n) is 3.52. The fraction of sp³-hybridized carbons (Fsp3) is 0.222. The maximum atomic E-state index is 12.4. The molecule has 0 spiro atoms. The lowest BCUT2D eigenvalue weighted by molar-refractivity contribution is -0.145. The lowest BCUT2D eigenvalue weighted by Gasteiger charge is -2.18. The number of rotatable bonds is 7. The number of carbonyl (C=O) groups is 3. The summed E-state index contributed by atoms with van der Waals surface area (Å²) in [6.45, 7) is 1.83. The third kappa shape index (κ3) is 5.03. The average molecular weight is 377 g/mol. The molecule has 1 aromatic carbocycles. The molecule has 1 amide bonds. The second-order valence-corrected chi connectivity index (χ2v) is 5.68. The van der Waals surface area contributed by atoms with Gasteiger partial charge in [0.2, 0.25) is 0 Å². The Bertz CT molecular complexity index is 807. The van der Waals surface area contributed by atoms with Gasteiger partial charge in [0.1, 0.15) is 11.2 Å². The first-order valence-corrected chi connectivity index (χ1v) is 8.20. The van der Waals surface area contributed by atoms with Gasteiger partial charge in [-0.3, -0.25) is 4.79 Å². The number of aromatic nitrogens is 1. The summed E-state index contributed by atoms with van der Waals surface area (Å²) >= 11 is 5.91. The number of hydrogen-bond acceptors (Lipinski definition) is 5. The van der Waals surface area contributed by atoms with Crippen molar-refractivity contribution in [2.75, 3.05) is 6.61 Å². The second kappa shape index (κ2) is 8.96. The summed E-state index contributed by atoms with van der Waals surface area (Å²) in [6, 6.07) is 8.13. The van der Waals surface area contributed by atoms with Crippen LogP contribution in [0.15, 0.2) is 42.6 Å². The summed E-state index contributed by atoms with van der Waals surface area (Å²) in [4.78, 5) is 39.3. The fourth-order valence-electron chi connectivity index (χ4n) is 2.25. The molecule has 26 heavy (non-hydrogen) atoms. The van der Waals surface area contributed by atoms with Gasteiger partial charge in [0.05, 0.1) is 17.7 Å². The topological polar surface area (TPSA) is 106 Å². The zero-order chi connectivity index (χ0) is 19.1. The molecule has 136 valence electrons. The number of carbonyl (C=O) groups excluding carboxylic acids is 2. The van der Waals surface area contributed by atoms with Crippen LogP contribution in [-0.4, -0.2) is 40.6 Å². The lowest BCUT2D eigenvalue weighted by atomic mass is 10.0. The molecule has 0 aliphatic rings. The summed E-state index contributed by atoms with van der Waals surface area (Å²) in [6.07, 6.45) is 1.59. The quantitative estimate of drug-likeness (QED) is 0.567. The van der Waals surface area contributed by atoms with Crippen LogP contribution in [-0.2, 0) is 16.0 Å². The zero-order valence-electron chi connectivity index (χ0n) is 13.9. The van der Waals surface area contributed by atoms with Crippen LogP contribution < -0.4 is 5.32 Å². The van der Waals surface area contributed by atoms with E-state index in [1.807, 2.05) is 0 Å². The Morgan fingerprint density at radius 3 is 2.50 bits per heavy atom. The van der Waals surface area contributed by atoms with Crippen LogP contribution in [0, 0.1) is 0 Å². The van der Waals surface area contributed by atoms with Crippen LogP contribution >= 0.6 is 11.6 Å². The van der Waals surface area contributed by atoms with Crippen molar-refractivity contribution in [1.29, 1.82) is 0 Å². The van der Waals surface area contributed by atoms with E-state index in [4.69, 9.17) is 21.4 Å². The SMILES string of the molecule is CCOC(=O)C(Cc1ccc(C(=O)O)cc1)NC(=O)c1cccnc1Cl. The number of esters is 1. The molecule has 0 radical (unpaired) electrons. The van der Waals surface area contributed by atoms with Crippen molar-refractivity contribution >= 4 is 29.4 Å². The number of carboxylic acids is 1. The molecule has 2 rings (SSSR count). The largest absolute Gasteiger partial charge is 0.478 e. The van der Waals surface area contributed by atoms with Gasteiger partial charge in [0, 0.05) is 12.6 Å². The summed E-state index contributed by atoms with van der Waals surface area (Å²) in [5, 5.41) is 11.6. The summed E-state index contributed by atoms with van der Waals surface area (Å²) in [5.74, 6) is -2.19. The predicted molar refractivity (Wildman–Crippen MR) is 94.2 cm³/mol. The molecule has 0 aliphatic carbocycles. The smallest absolute Gasteiger partial charge is 0.335 e. The van der Waals surface area contributed by atoms with Crippen molar-refractivity contribution in [3.8, 4) is 0 Å². The van der Waals surface area contributed by atoms with Crippen molar-refractivity contribution in [2.45, 2.75) is 19.4 Å². The molecule has 0 fully saturated rings. The maximum Gasteiger partial charge on any atom is 0.335 e. The predicted octanol–water partition coefficient (Wildman–Crippen LogP) is 2.34. The normalized spacial score (nSPS) is 11.5. The van der Waals surface area contributed by atoms with E-state index in [1.54, 1.807) is 25.1 Å². The molecule has 0 aliphatic heterocycles. The van der Waals surface area contributed by atoms with E-state index in [1.165, 1.54) is 24.4 Å². The van der Waals surface area contributed by atoms with E-state index in [0.717, 1.165) is 0 Å². The number of ether oxygens (including phenoxy) is 1. The van der Waals surface area contributed by atoms with Gasteiger partial charge in [-0.1, -0.05) is 23.7 Å². The van der Waals surface area contributed by atoms with E-state index in [-0.39, 0.29) is 29.3 Å². The standard InChI is InChI=1S/C18H17ClN2O5/c1-2-26-18(25)14(10-11-5-7-12(8-6-11)17(23)24)21-16(22)13-4-3-9-20-15(13)19/h3-9,14H,2,10H2,1H3,(H,21,22)(H,23,24). The van der Waals surface area contributed by atoms with Crippen molar-refractivity contribution in [2.24, 2.45) is 0 Å². The highest BCUT2D eigenvalue weighted by atomic mass is 35.5. The average Bonchev–Trinajstić information content (AvgIpc) is 2.62. The van der Waals surface area contributed by atoms with Crippen LogP contribution in [0.5, 0.6) is 0 Å². The van der Waals surface area contributed by atoms with Crippen molar-refractivity contribution < 1.29 is 24.2 Å². The molecule has 1 aromatic heterocycles. The molecule has 7 nitrogen and oxygen atoms in total. The first kappa shape index (κ1) is 19.4.